The van der Waals surface area contributed by atoms with E-state index in [4.69, 9.17) is 4.74 Å². The fourth-order valence-electron chi connectivity index (χ4n) is 2.85. The minimum absolute atomic E-state index is 0.169. The van der Waals surface area contributed by atoms with E-state index in [0.29, 0.717) is 6.04 Å². The molecule has 2 aliphatic rings. The third-order valence-electron chi connectivity index (χ3n) is 4.26. The summed E-state index contributed by atoms with van der Waals surface area (Å²) in [5.74, 6) is 0. The summed E-state index contributed by atoms with van der Waals surface area (Å²) in [6.07, 6.45) is 5.53. The van der Waals surface area contributed by atoms with Gasteiger partial charge in [-0.05, 0) is 37.1 Å². The molecule has 0 amide bonds. The topological polar surface area (TPSA) is 29.5 Å². The van der Waals surface area contributed by atoms with Gasteiger partial charge in [-0.25, -0.2) is 0 Å². The number of rotatable bonds is 6. The van der Waals surface area contributed by atoms with Crippen LogP contribution >= 0.6 is 11.3 Å². The van der Waals surface area contributed by atoms with Crippen LogP contribution in [0.25, 0.3) is 0 Å². The summed E-state index contributed by atoms with van der Waals surface area (Å²) in [7, 11) is 0. The molecule has 1 aliphatic carbocycles. The van der Waals surface area contributed by atoms with E-state index in [-0.39, 0.29) is 5.41 Å². The molecule has 1 saturated carbocycles. The lowest BCUT2D eigenvalue weighted by Gasteiger charge is -2.37. The molecular weight excluding hydrogens is 258 g/mol. The van der Waals surface area contributed by atoms with Gasteiger partial charge >= 0.3 is 0 Å². The molecule has 0 aromatic carbocycles. The van der Waals surface area contributed by atoms with E-state index in [2.05, 4.69) is 22.4 Å². The number of carbonyl (C=O) groups excluding carboxylic acids is 1. The Balaban J connectivity index is 1.68. The van der Waals surface area contributed by atoms with Crippen molar-refractivity contribution in [2.75, 3.05) is 19.8 Å². The summed E-state index contributed by atoms with van der Waals surface area (Å²) in [4.78, 5) is 15.5. The van der Waals surface area contributed by atoms with Crippen molar-refractivity contribution in [2.24, 2.45) is 5.41 Å². The third kappa shape index (κ3) is 3.25. The smallest absolute Gasteiger partial charge is 0.127 e. The third-order valence-corrected chi connectivity index (χ3v) is 5.12. The minimum atomic E-state index is -0.169. The maximum atomic E-state index is 11.6. The summed E-state index contributed by atoms with van der Waals surface area (Å²) in [5.41, 5.74) is -0.169. The van der Waals surface area contributed by atoms with Crippen molar-refractivity contribution in [3.05, 3.63) is 22.4 Å². The van der Waals surface area contributed by atoms with Crippen LogP contribution in [-0.4, -0.2) is 37.0 Å². The van der Waals surface area contributed by atoms with Gasteiger partial charge in [-0.2, -0.15) is 0 Å². The second-order valence-corrected chi connectivity index (χ2v) is 6.84. The second kappa shape index (κ2) is 5.73. The largest absolute Gasteiger partial charge is 0.381 e. The van der Waals surface area contributed by atoms with E-state index in [1.165, 1.54) is 24.0 Å². The molecule has 1 aromatic heterocycles. The van der Waals surface area contributed by atoms with E-state index < -0.39 is 0 Å². The summed E-state index contributed by atoms with van der Waals surface area (Å²) in [6.45, 7) is 3.37. The van der Waals surface area contributed by atoms with E-state index in [9.17, 15) is 4.79 Å². The highest BCUT2D eigenvalue weighted by Crippen LogP contribution is 2.35. The van der Waals surface area contributed by atoms with E-state index in [1.807, 2.05) is 11.3 Å². The first kappa shape index (κ1) is 13.3. The maximum Gasteiger partial charge on any atom is 0.127 e. The number of hydrogen-bond donors (Lipinski definition) is 0. The Kier molecular flexibility index (Phi) is 4.01. The molecule has 2 heterocycles. The lowest BCUT2D eigenvalue weighted by molar-refractivity contribution is -0.123. The predicted octanol–water partition coefficient (Wildman–Crippen LogP) is 2.71. The van der Waals surface area contributed by atoms with Gasteiger partial charge in [0.1, 0.15) is 6.29 Å². The van der Waals surface area contributed by atoms with Crippen molar-refractivity contribution in [3.63, 3.8) is 0 Å². The highest BCUT2D eigenvalue weighted by molar-refractivity contribution is 7.09. The van der Waals surface area contributed by atoms with Gasteiger partial charge in [0.25, 0.3) is 0 Å². The van der Waals surface area contributed by atoms with Crippen molar-refractivity contribution in [3.8, 4) is 0 Å². The Bertz CT molecular complexity index is 408. The molecule has 4 heteroatoms. The summed E-state index contributed by atoms with van der Waals surface area (Å²) in [6, 6.07) is 4.99. The van der Waals surface area contributed by atoms with Gasteiger partial charge in [-0.3, -0.25) is 4.90 Å². The van der Waals surface area contributed by atoms with Crippen LogP contribution in [0.4, 0.5) is 0 Å². The highest BCUT2D eigenvalue weighted by atomic mass is 32.1. The fourth-order valence-corrected chi connectivity index (χ4v) is 3.58. The van der Waals surface area contributed by atoms with Gasteiger partial charge in [-0.15, -0.1) is 11.3 Å². The number of carbonyl (C=O) groups is 1. The van der Waals surface area contributed by atoms with Crippen molar-refractivity contribution >= 4 is 17.6 Å². The Morgan fingerprint density at radius 2 is 2.21 bits per heavy atom. The molecule has 19 heavy (non-hydrogen) atoms. The number of nitrogens with zero attached hydrogens (tertiary/aromatic N) is 1. The molecule has 104 valence electrons. The lowest BCUT2D eigenvalue weighted by Crippen LogP contribution is -2.43. The summed E-state index contributed by atoms with van der Waals surface area (Å²) in [5, 5.41) is 2.13. The zero-order chi connectivity index (χ0) is 13.1. The van der Waals surface area contributed by atoms with Crippen molar-refractivity contribution < 1.29 is 9.53 Å². The molecule has 0 atom stereocenters. The standard InChI is InChI=1S/C15H21NO2S/c17-12-15(5-7-18-8-6-15)11-16(13-3-4-13)10-14-2-1-9-19-14/h1-2,9,12-13H,3-8,10-11H2. The number of thiophene rings is 1. The van der Waals surface area contributed by atoms with Crippen molar-refractivity contribution in [1.29, 1.82) is 0 Å². The van der Waals surface area contributed by atoms with Crippen LogP contribution in [0, 0.1) is 5.41 Å². The first-order valence-corrected chi connectivity index (χ1v) is 8.00. The van der Waals surface area contributed by atoms with Crippen LogP contribution in [0.5, 0.6) is 0 Å². The first-order valence-electron chi connectivity index (χ1n) is 7.12. The van der Waals surface area contributed by atoms with Gasteiger partial charge in [0.05, 0.1) is 0 Å². The Morgan fingerprint density at radius 3 is 2.79 bits per heavy atom. The van der Waals surface area contributed by atoms with Crippen molar-refractivity contribution in [1.82, 2.24) is 4.90 Å². The quantitative estimate of drug-likeness (QED) is 0.750. The molecule has 3 nitrogen and oxygen atoms in total. The molecule has 2 fully saturated rings. The minimum Gasteiger partial charge on any atom is -0.381 e. The van der Waals surface area contributed by atoms with Gasteiger partial charge in [0, 0.05) is 42.6 Å². The first-order chi connectivity index (χ1) is 9.31. The molecule has 1 aromatic rings. The van der Waals surface area contributed by atoms with Gasteiger partial charge in [-0.1, -0.05) is 6.07 Å². The Labute approximate surface area is 118 Å². The lowest BCUT2D eigenvalue weighted by atomic mass is 9.81. The van der Waals surface area contributed by atoms with E-state index >= 15 is 0 Å². The predicted molar refractivity (Wildman–Crippen MR) is 76.3 cm³/mol. The van der Waals surface area contributed by atoms with Crippen LogP contribution in [0.15, 0.2) is 17.5 Å². The monoisotopic (exact) mass is 279 g/mol. The van der Waals surface area contributed by atoms with Gasteiger partial charge in [0.2, 0.25) is 0 Å². The summed E-state index contributed by atoms with van der Waals surface area (Å²) >= 11 is 1.81. The molecule has 1 saturated heterocycles. The molecule has 0 N–H and O–H groups in total. The van der Waals surface area contributed by atoms with Crippen molar-refractivity contribution in [2.45, 2.75) is 38.3 Å². The average molecular weight is 279 g/mol. The Morgan fingerprint density at radius 1 is 1.42 bits per heavy atom. The van der Waals surface area contributed by atoms with Crippen LogP contribution in [0.1, 0.15) is 30.6 Å². The average Bonchev–Trinajstić information content (AvgIpc) is 3.18. The van der Waals surface area contributed by atoms with E-state index in [0.717, 1.165) is 39.1 Å². The van der Waals surface area contributed by atoms with Crippen LogP contribution in [0.2, 0.25) is 0 Å². The van der Waals surface area contributed by atoms with Crippen LogP contribution < -0.4 is 0 Å². The SMILES string of the molecule is O=CC1(CN(Cc2cccs2)C2CC2)CCOCC1. The number of ether oxygens (including phenoxy) is 1. The zero-order valence-electron chi connectivity index (χ0n) is 11.2. The molecule has 0 radical (unpaired) electrons. The molecule has 3 rings (SSSR count). The fraction of sp³-hybridized carbons (Fsp3) is 0.667. The van der Waals surface area contributed by atoms with Crippen LogP contribution in [-0.2, 0) is 16.1 Å². The maximum absolute atomic E-state index is 11.6. The van der Waals surface area contributed by atoms with Gasteiger partial charge in [0.15, 0.2) is 0 Å². The normalized spacial score (nSPS) is 22.6. The molecule has 0 unspecified atom stereocenters. The highest BCUT2D eigenvalue weighted by Gasteiger charge is 2.38. The molecule has 0 spiro atoms. The Hall–Kier alpha value is -0.710. The zero-order valence-corrected chi connectivity index (χ0v) is 12.0. The molecular formula is C15H21NO2S. The number of hydrogen-bond acceptors (Lipinski definition) is 4. The van der Waals surface area contributed by atoms with Gasteiger partial charge < -0.3 is 9.53 Å². The summed E-state index contributed by atoms with van der Waals surface area (Å²) < 4.78 is 5.41. The molecule has 0 bridgehead atoms. The molecule has 1 aliphatic heterocycles. The van der Waals surface area contributed by atoms with Crippen LogP contribution in [0.3, 0.4) is 0 Å². The van der Waals surface area contributed by atoms with E-state index in [1.54, 1.807) is 0 Å². The second-order valence-electron chi connectivity index (χ2n) is 5.81. The number of aldehydes is 1.